The quantitative estimate of drug-likeness (QED) is 0.847. The minimum Gasteiger partial charge on any atom is -0.366 e. The molecule has 1 aromatic carbocycles. The molecule has 2 heterocycles. The first-order chi connectivity index (χ1) is 12.2. The molecule has 0 atom stereocenters. The molecule has 0 bridgehead atoms. The van der Waals surface area contributed by atoms with Crippen LogP contribution in [0, 0.1) is 5.92 Å². The molecule has 25 heavy (non-hydrogen) atoms. The van der Waals surface area contributed by atoms with Crippen LogP contribution in [0.25, 0.3) is 11.4 Å². The van der Waals surface area contributed by atoms with Gasteiger partial charge in [-0.2, -0.15) is 0 Å². The summed E-state index contributed by atoms with van der Waals surface area (Å²) < 4.78 is 0. The van der Waals surface area contributed by atoms with Gasteiger partial charge in [-0.3, -0.25) is 4.79 Å². The van der Waals surface area contributed by atoms with Gasteiger partial charge in [0.25, 0.3) is 5.91 Å². The van der Waals surface area contributed by atoms with E-state index in [1.165, 1.54) is 0 Å². The first-order valence-electron chi connectivity index (χ1n) is 8.76. The summed E-state index contributed by atoms with van der Waals surface area (Å²) in [5.74, 6) is 1.86. The van der Waals surface area contributed by atoms with Gasteiger partial charge in [0, 0.05) is 31.3 Å². The van der Waals surface area contributed by atoms with Crippen LogP contribution < -0.4 is 5.32 Å². The molecule has 130 valence electrons. The molecule has 0 saturated carbocycles. The van der Waals surface area contributed by atoms with Crippen LogP contribution >= 0.6 is 0 Å². The zero-order valence-electron chi connectivity index (χ0n) is 14.6. The summed E-state index contributed by atoms with van der Waals surface area (Å²) in [6.07, 6.45) is 3.85. The average Bonchev–Trinajstić information content (AvgIpc) is 2.67. The van der Waals surface area contributed by atoms with Crippen molar-refractivity contribution in [3.05, 3.63) is 54.7 Å². The van der Waals surface area contributed by atoms with Gasteiger partial charge >= 0.3 is 0 Å². The predicted octanol–water partition coefficient (Wildman–Crippen LogP) is 3.61. The fourth-order valence-electron chi connectivity index (χ4n) is 2.91. The van der Waals surface area contributed by atoms with E-state index in [9.17, 15) is 4.79 Å². The Bertz CT molecular complexity index is 737. The Labute approximate surface area is 148 Å². The van der Waals surface area contributed by atoms with Crippen LogP contribution in [-0.2, 0) is 0 Å². The van der Waals surface area contributed by atoms with Gasteiger partial charge in [-0.15, -0.1) is 6.58 Å². The second kappa shape index (κ2) is 7.92. The van der Waals surface area contributed by atoms with E-state index in [1.807, 2.05) is 35.2 Å². The number of nitrogens with zero attached hydrogens (tertiary/aromatic N) is 3. The average molecular weight is 336 g/mol. The van der Waals surface area contributed by atoms with Crippen LogP contribution in [0.15, 0.2) is 49.1 Å². The molecule has 1 aliphatic rings. The monoisotopic (exact) mass is 336 g/mol. The number of anilines is 1. The standard InChI is InChI=1S/C20H24N4O/c1-3-11-21-18-14-17(20(25)24-12-9-15(2)10-13-24)22-19(23-18)16-7-5-4-6-8-16/h3-8,14-15H,1,9-13H2,2H3,(H,21,22,23). The zero-order valence-corrected chi connectivity index (χ0v) is 14.6. The van der Waals surface area contributed by atoms with E-state index in [1.54, 1.807) is 12.1 Å². The van der Waals surface area contributed by atoms with Crippen LogP contribution in [0.4, 0.5) is 5.82 Å². The third-order valence-corrected chi connectivity index (χ3v) is 4.48. The van der Waals surface area contributed by atoms with E-state index < -0.39 is 0 Å². The lowest BCUT2D eigenvalue weighted by Crippen LogP contribution is -2.38. The van der Waals surface area contributed by atoms with E-state index in [-0.39, 0.29) is 5.91 Å². The summed E-state index contributed by atoms with van der Waals surface area (Å²) in [5, 5.41) is 3.17. The molecule has 3 rings (SSSR count). The fourth-order valence-corrected chi connectivity index (χ4v) is 2.91. The predicted molar refractivity (Wildman–Crippen MR) is 100 cm³/mol. The molecule has 1 saturated heterocycles. The molecule has 1 aliphatic heterocycles. The van der Waals surface area contributed by atoms with Crippen LogP contribution in [0.3, 0.4) is 0 Å². The minimum absolute atomic E-state index is 0.0202. The molecular weight excluding hydrogens is 312 g/mol. The number of rotatable bonds is 5. The first-order valence-corrected chi connectivity index (χ1v) is 8.76. The van der Waals surface area contributed by atoms with Crippen molar-refractivity contribution in [1.82, 2.24) is 14.9 Å². The lowest BCUT2D eigenvalue weighted by atomic mass is 9.99. The Morgan fingerprint density at radius 3 is 2.68 bits per heavy atom. The number of aromatic nitrogens is 2. The number of hydrogen-bond acceptors (Lipinski definition) is 4. The van der Waals surface area contributed by atoms with Crippen molar-refractivity contribution in [3.63, 3.8) is 0 Å². The van der Waals surface area contributed by atoms with Crippen molar-refractivity contribution in [3.8, 4) is 11.4 Å². The second-order valence-corrected chi connectivity index (χ2v) is 6.47. The van der Waals surface area contributed by atoms with E-state index in [2.05, 4.69) is 28.8 Å². The van der Waals surface area contributed by atoms with E-state index in [0.717, 1.165) is 31.5 Å². The van der Waals surface area contributed by atoms with Gasteiger partial charge in [0.05, 0.1) is 0 Å². The molecule has 0 radical (unpaired) electrons. The van der Waals surface area contributed by atoms with Crippen molar-refractivity contribution in [2.45, 2.75) is 19.8 Å². The van der Waals surface area contributed by atoms with E-state index >= 15 is 0 Å². The summed E-state index contributed by atoms with van der Waals surface area (Å²) in [7, 11) is 0. The highest BCUT2D eigenvalue weighted by Gasteiger charge is 2.23. The fraction of sp³-hybridized carbons (Fsp3) is 0.350. The number of carbonyl (C=O) groups is 1. The maximum Gasteiger partial charge on any atom is 0.272 e. The molecular formula is C20H24N4O. The molecule has 0 aliphatic carbocycles. The molecule has 5 nitrogen and oxygen atoms in total. The lowest BCUT2D eigenvalue weighted by Gasteiger charge is -2.30. The number of piperidine rings is 1. The van der Waals surface area contributed by atoms with Gasteiger partial charge in [-0.05, 0) is 18.8 Å². The number of likely N-dealkylation sites (tertiary alicyclic amines) is 1. The van der Waals surface area contributed by atoms with Crippen LogP contribution in [-0.4, -0.2) is 40.4 Å². The van der Waals surface area contributed by atoms with E-state index in [4.69, 9.17) is 0 Å². The highest BCUT2D eigenvalue weighted by Crippen LogP contribution is 2.21. The number of hydrogen-bond donors (Lipinski definition) is 1. The Hall–Kier alpha value is -2.69. The van der Waals surface area contributed by atoms with Gasteiger partial charge in [-0.25, -0.2) is 9.97 Å². The molecule has 0 unspecified atom stereocenters. The third-order valence-electron chi connectivity index (χ3n) is 4.48. The molecule has 1 aromatic heterocycles. The number of benzene rings is 1. The van der Waals surface area contributed by atoms with Gasteiger partial charge in [0.1, 0.15) is 11.5 Å². The first kappa shape index (κ1) is 17.1. The van der Waals surface area contributed by atoms with Crippen LogP contribution in [0.5, 0.6) is 0 Å². The molecule has 1 amide bonds. The Morgan fingerprint density at radius 1 is 1.28 bits per heavy atom. The number of nitrogens with one attached hydrogen (secondary N) is 1. The molecule has 1 N–H and O–H groups in total. The highest BCUT2D eigenvalue weighted by molar-refractivity contribution is 5.93. The van der Waals surface area contributed by atoms with Crippen LogP contribution in [0.2, 0.25) is 0 Å². The topological polar surface area (TPSA) is 58.1 Å². The van der Waals surface area contributed by atoms with E-state index in [0.29, 0.717) is 29.8 Å². The van der Waals surface area contributed by atoms with Crippen molar-refractivity contribution < 1.29 is 4.79 Å². The SMILES string of the molecule is C=CCNc1cc(C(=O)N2CCC(C)CC2)nc(-c2ccccc2)n1. The lowest BCUT2D eigenvalue weighted by molar-refractivity contribution is 0.0691. The van der Waals surface area contributed by atoms with Gasteiger partial charge < -0.3 is 10.2 Å². The molecule has 5 heteroatoms. The van der Waals surface area contributed by atoms with Crippen molar-refractivity contribution in [1.29, 1.82) is 0 Å². The third kappa shape index (κ3) is 4.24. The summed E-state index contributed by atoms with van der Waals surface area (Å²) >= 11 is 0. The minimum atomic E-state index is -0.0202. The second-order valence-electron chi connectivity index (χ2n) is 6.47. The maximum absolute atomic E-state index is 12.9. The molecule has 1 fully saturated rings. The van der Waals surface area contributed by atoms with Crippen LogP contribution in [0.1, 0.15) is 30.3 Å². The van der Waals surface area contributed by atoms with Crippen molar-refractivity contribution in [2.75, 3.05) is 25.0 Å². The summed E-state index contributed by atoms with van der Waals surface area (Å²) in [6, 6.07) is 11.5. The highest BCUT2D eigenvalue weighted by atomic mass is 16.2. The van der Waals surface area contributed by atoms with Crippen molar-refractivity contribution in [2.24, 2.45) is 5.92 Å². The summed E-state index contributed by atoms with van der Waals surface area (Å²) in [5.41, 5.74) is 1.33. The smallest absolute Gasteiger partial charge is 0.272 e. The van der Waals surface area contributed by atoms with Gasteiger partial charge in [-0.1, -0.05) is 43.3 Å². The number of carbonyl (C=O) groups excluding carboxylic acids is 1. The molecule has 0 spiro atoms. The normalized spacial score (nSPS) is 15.0. The van der Waals surface area contributed by atoms with Gasteiger partial charge in [0.15, 0.2) is 5.82 Å². The summed E-state index contributed by atoms with van der Waals surface area (Å²) in [4.78, 5) is 23.9. The Balaban J connectivity index is 1.91. The van der Waals surface area contributed by atoms with Gasteiger partial charge in [0.2, 0.25) is 0 Å². The van der Waals surface area contributed by atoms with Crippen molar-refractivity contribution >= 4 is 11.7 Å². The maximum atomic E-state index is 12.9. The Kier molecular flexibility index (Phi) is 5.43. The largest absolute Gasteiger partial charge is 0.366 e. The molecule has 2 aromatic rings. The summed E-state index contributed by atoms with van der Waals surface area (Å²) in [6.45, 7) is 8.11. The Morgan fingerprint density at radius 2 is 2.00 bits per heavy atom. The zero-order chi connectivity index (χ0) is 17.6. The number of amides is 1.